The maximum Gasteiger partial charge on any atom is 0.0662 e. The normalized spacial score (nSPS) is 12.9. The highest BCUT2D eigenvalue weighted by Gasteiger charge is 2.19. The summed E-state index contributed by atoms with van der Waals surface area (Å²) in [7, 11) is 1.75. The van der Waals surface area contributed by atoms with Gasteiger partial charge in [-0.15, -0.1) is 0 Å². The van der Waals surface area contributed by atoms with Crippen molar-refractivity contribution in [1.82, 2.24) is 0 Å². The predicted molar refractivity (Wildman–Crippen MR) is 68.4 cm³/mol. The Morgan fingerprint density at radius 3 is 2.31 bits per heavy atom. The fraction of sp³-hybridized carbons (Fsp3) is 0.571. The summed E-state index contributed by atoms with van der Waals surface area (Å²) < 4.78 is 5.44. The van der Waals surface area contributed by atoms with Crippen molar-refractivity contribution < 1.29 is 4.74 Å². The molecule has 0 heterocycles. The Bertz CT molecular complexity index is 350. The van der Waals surface area contributed by atoms with E-state index in [9.17, 15) is 0 Å². The van der Waals surface area contributed by atoms with Gasteiger partial charge in [-0.1, -0.05) is 24.3 Å². The van der Waals surface area contributed by atoms with Crippen LogP contribution in [0.3, 0.4) is 0 Å². The number of benzene rings is 1. The van der Waals surface area contributed by atoms with Crippen LogP contribution >= 0.6 is 0 Å². The van der Waals surface area contributed by atoms with E-state index in [1.165, 1.54) is 5.56 Å². The summed E-state index contributed by atoms with van der Waals surface area (Å²) in [5.74, 6) is 0. The van der Waals surface area contributed by atoms with Crippen LogP contribution in [0, 0.1) is 0 Å². The van der Waals surface area contributed by atoms with Crippen LogP contribution in [-0.4, -0.2) is 12.7 Å². The van der Waals surface area contributed by atoms with Crippen molar-refractivity contribution in [3.63, 3.8) is 0 Å². The monoisotopic (exact) mass is 221 g/mol. The second-order valence-corrected chi connectivity index (χ2v) is 5.56. The number of hydrogen-bond acceptors (Lipinski definition) is 2. The lowest BCUT2D eigenvalue weighted by Crippen LogP contribution is -2.29. The van der Waals surface area contributed by atoms with Crippen LogP contribution in [-0.2, 0) is 16.7 Å². The molecular formula is C14H23NO. The van der Waals surface area contributed by atoms with Crippen molar-refractivity contribution in [2.75, 3.05) is 7.11 Å². The highest BCUT2D eigenvalue weighted by Crippen LogP contribution is 2.21. The fourth-order valence-corrected chi connectivity index (χ4v) is 1.65. The van der Waals surface area contributed by atoms with Gasteiger partial charge in [-0.05, 0) is 38.8 Å². The minimum Gasteiger partial charge on any atom is -0.378 e. The third-order valence-electron chi connectivity index (χ3n) is 2.85. The van der Waals surface area contributed by atoms with Crippen LogP contribution in [0.2, 0.25) is 0 Å². The molecule has 0 bridgehead atoms. The Kier molecular flexibility index (Phi) is 3.76. The molecule has 0 aliphatic heterocycles. The van der Waals surface area contributed by atoms with Crippen molar-refractivity contribution in [3.8, 4) is 0 Å². The van der Waals surface area contributed by atoms with Crippen LogP contribution in [0.1, 0.15) is 38.8 Å². The minimum atomic E-state index is -0.284. The summed E-state index contributed by atoms with van der Waals surface area (Å²) in [4.78, 5) is 0. The average Bonchev–Trinajstić information content (AvgIpc) is 2.16. The topological polar surface area (TPSA) is 35.2 Å². The SMILES string of the molecule is COC(C)(C)Cc1cccc(C(C)(C)N)c1. The maximum absolute atomic E-state index is 6.09. The third kappa shape index (κ3) is 3.62. The zero-order chi connectivity index (χ0) is 12.4. The molecule has 16 heavy (non-hydrogen) atoms. The van der Waals surface area contributed by atoms with Gasteiger partial charge in [-0.2, -0.15) is 0 Å². The van der Waals surface area contributed by atoms with Gasteiger partial charge < -0.3 is 10.5 Å². The lowest BCUT2D eigenvalue weighted by molar-refractivity contribution is 0.0232. The van der Waals surface area contributed by atoms with Crippen molar-refractivity contribution in [2.45, 2.75) is 45.3 Å². The molecule has 2 N–H and O–H groups in total. The predicted octanol–water partition coefficient (Wildman–Crippen LogP) is 2.85. The van der Waals surface area contributed by atoms with Gasteiger partial charge >= 0.3 is 0 Å². The van der Waals surface area contributed by atoms with Gasteiger partial charge in [0.25, 0.3) is 0 Å². The molecular weight excluding hydrogens is 198 g/mol. The molecule has 1 aromatic rings. The lowest BCUT2D eigenvalue weighted by Gasteiger charge is -2.25. The molecule has 0 fully saturated rings. The first-order chi connectivity index (χ1) is 7.24. The molecule has 0 amide bonds. The smallest absolute Gasteiger partial charge is 0.0662 e. The van der Waals surface area contributed by atoms with E-state index in [0.717, 1.165) is 12.0 Å². The first-order valence-corrected chi connectivity index (χ1v) is 5.68. The van der Waals surface area contributed by atoms with Crippen molar-refractivity contribution in [1.29, 1.82) is 0 Å². The number of nitrogens with two attached hydrogens (primary N) is 1. The first kappa shape index (κ1) is 13.2. The van der Waals surface area contributed by atoms with E-state index in [1.54, 1.807) is 7.11 Å². The van der Waals surface area contributed by atoms with Crippen molar-refractivity contribution in [2.24, 2.45) is 5.73 Å². The molecule has 2 heteroatoms. The Labute approximate surface area is 98.8 Å². The molecule has 0 aliphatic rings. The zero-order valence-electron chi connectivity index (χ0n) is 11.0. The Hall–Kier alpha value is -0.860. The molecule has 0 aromatic heterocycles. The highest BCUT2D eigenvalue weighted by atomic mass is 16.5. The lowest BCUT2D eigenvalue weighted by atomic mass is 9.91. The van der Waals surface area contributed by atoms with Crippen molar-refractivity contribution >= 4 is 0 Å². The largest absolute Gasteiger partial charge is 0.378 e. The average molecular weight is 221 g/mol. The highest BCUT2D eigenvalue weighted by molar-refractivity contribution is 5.29. The van der Waals surface area contributed by atoms with Crippen LogP contribution < -0.4 is 5.73 Å². The second kappa shape index (κ2) is 4.56. The summed E-state index contributed by atoms with van der Waals surface area (Å²) in [5, 5.41) is 0. The molecule has 2 nitrogen and oxygen atoms in total. The number of rotatable bonds is 4. The molecule has 0 aliphatic carbocycles. The molecule has 1 rings (SSSR count). The molecule has 1 aromatic carbocycles. The molecule has 90 valence electrons. The summed E-state index contributed by atoms with van der Waals surface area (Å²) in [6.07, 6.45) is 0.896. The fourth-order valence-electron chi connectivity index (χ4n) is 1.65. The second-order valence-electron chi connectivity index (χ2n) is 5.56. The van der Waals surface area contributed by atoms with E-state index >= 15 is 0 Å². The van der Waals surface area contributed by atoms with Gasteiger partial charge in [0.2, 0.25) is 0 Å². The van der Waals surface area contributed by atoms with Crippen molar-refractivity contribution in [3.05, 3.63) is 35.4 Å². The maximum atomic E-state index is 6.09. The summed E-state index contributed by atoms with van der Waals surface area (Å²) in [5.41, 5.74) is 8.11. The molecule has 0 atom stereocenters. The van der Waals surface area contributed by atoms with E-state index in [4.69, 9.17) is 10.5 Å². The Morgan fingerprint density at radius 1 is 1.19 bits per heavy atom. The molecule has 0 unspecified atom stereocenters. The zero-order valence-corrected chi connectivity index (χ0v) is 11.0. The van der Waals surface area contributed by atoms with E-state index in [-0.39, 0.29) is 11.1 Å². The van der Waals surface area contributed by atoms with Gasteiger partial charge in [0.05, 0.1) is 5.60 Å². The molecule has 0 radical (unpaired) electrons. The summed E-state index contributed by atoms with van der Waals surface area (Å²) >= 11 is 0. The van der Waals surface area contributed by atoms with Gasteiger partial charge in [-0.25, -0.2) is 0 Å². The van der Waals surface area contributed by atoms with Gasteiger partial charge in [-0.3, -0.25) is 0 Å². The first-order valence-electron chi connectivity index (χ1n) is 5.68. The molecule has 0 saturated heterocycles. The van der Waals surface area contributed by atoms with E-state index < -0.39 is 0 Å². The molecule has 0 saturated carbocycles. The number of methoxy groups -OCH3 is 1. The Morgan fingerprint density at radius 2 is 1.81 bits per heavy atom. The van der Waals surface area contributed by atoms with Gasteiger partial charge in [0, 0.05) is 19.1 Å². The van der Waals surface area contributed by atoms with Crippen LogP contribution in [0.25, 0.3) is 0 Å². The minimum absolute atomic E-state index is 0.128. The number of hydrogen-bond donors (Lipinski definition) is 1. The van der Waals surface area contributed by atoms with Gasteiger partial charge in [0.15, 0.2) is 0 Å². The van der Waals surface area contributed by atoms with Crippen LogP contribution in [0.15, 0.2) is 24.3 Å². The van der Waals surface area contributed by atoms with E-state index in [2.05, 4.69) is 38.1 Å². The van der Waals surface area contributed by atoms with Gasteiger partial charge in [0.1, 0.15) is 0 Å². The standard InChI is InChI=1S/C14H23NO/c1-13(2,16-5)10-11-7-6-8-12(9-11)14(3,4)15/h6-9H,10,15H2,1-5H3. The quantitative estimate of drug-likeness (QED) is 0.848. The van der Waals surface area contributed by atoms with Crippen LogP contribution in [0.4, 0.5) is 0 Å². The third-order valence-corrected chi connectivity index (χ3v) is 2.85. The summed E-state index contributed by atoms with van der Waals surface area (Å²) in [6, 6.07) is 8.42. The number of ether oxygens (including phenoxy) is 1. The summed E-state index contributed by atoms with van der Waals surface area (Å²) in [6.45, 7) is 8.22. The van der Waals surface area contributed by atoms with E-state index in [1.807, 2.05) is 13.8 Å². The van der Waals surface area contributed by atoms with Crippen LogP contribution in [0.5, 0.6) is 0 Å². The van der Waals surface area contributed by atoms with E-state index in [0.29, 0.717) is 0 Å². The molecule has 0 spiro atoms. The Balaban J connectivity index is 2.92.